The summed E-state index contributed by atoms with van der Waals surface area (Å²) in [5.74, 6) is -0.488. The molecule has 3 aromatic carbocycles. The van der Waals surface area contributed by atoms with Crippen LogP contribution in [0.25, 0.3) is 0 Å². The summed E-state index contributed by atoms with van der Waals surface area (Å²) in [5, 5.41) is 2.77. The lowest BCUT2D eigenvalue weighted by molar-refractivity contribution is -0.274. The molecule has 0 atom stereocenters. The van der Waals surface area contributed by atoms with Crippen LogP contribution in [0.2, 0.25) is 0 Å². The van der Waals surface area contributed by atoms with Crippen LogP contribution >= 0.6 is 11.8 Å². The van der Waals surface area contributed by atoms with Gasteiger partial charge in [-0.1, -0.05) is 42.5 Å². The minimum absolute atomic E-state index is 0.0219. The Kier molecular flexibility index (Phi) is 7.12. The number of para-hydroxylation sites is 1. The molecule has 0 aliphatic carbocycles. The van der Waals surface area contributed by atoms with Gasteiger partial charge < -0.3 is 15.0 Å². The van der Waals surface area contributed by atoms with Crippen LogP contribution in [0.4, 0.5) is 18.9 Å². The average Bonchev–Trinajstić information content (AvgIpc) is 3.25. The minimum atomic E-state index is -4.75. The number of nitrogens with zero attached hydrogens (tertiary/aromatic N) is 1. The highest BCUT2D eigenvalue weighted by atomic mass is 32.2. The van der Waals surface area contributed by atoms with E-state index in [-0.39, 0.29) is 29.9 Å². The van der Waals surface area contributed by atoms with Gasteiger partial charge in [-0.25, -0.2) is 0 Å². The van der Waals surface area contributed by atoms with Gasteiger partial charge >= 0.3 is 6.36 Å². The number of amides is 2. The molecule has 2 amide bonds. The van der Waals surface area contributed by atoms with E-state index >= 15 is 0 Å². The summed E-state index contributed by atoms with van der Waals surface area (Å²) in [6, 6.07) is 20.1. The molecule has 0 spiro atoms. The Morgan fingerprint density at radius 3 is 2.44 bits per heavy atom. The van der Waals surface area contributed by atoms with Crippen molar-refractivity contribution in [2.24, 2.45) is 0 Å². The number of fused-ring (bicyclic) bond motifs is 1. The first kappa shape index (κ1) is 23.7. The van der Waals surface area contributed by atoms with Gasteiger partial charge in [0.05, 0.1) is 11.3 Å². The molecule has 1 heterocycles. The SMILES string of the molecule is O=C(NCc1ccc(OC(F)(F)F)cc1)c1ccccc1SCC(=O)N1CCc2ccccc21. The number of benzene rings is 3. The maximum Gasteiger partial charge on any atom is 0.573 e. The zero-order valence-corrected chi connectivity index (χ0v) is 18.8. The quantitative estimate of drug-likeness (QED) is 0.467. The van der Waals surface area contributed by atoms with Gasteiger partial charge in [0, 0.05) is 23.7 Å². The van der Waals surface area contributed by atoms with Crippen molar-refractivity contribution in [3.8, 4) is 5.75 Å². The Morgan fingerprint density at radius 2 is 1.68 bits per heavy atom. The lowest BCUT2D eigenvalue weighted by Crippen LogP contribution is -2.30. The standard InChI is InChI=1S/C25H21F3N2O3S/c26-25(27,28)33-19-11-9-17(10-12-19)15-29-24(32)20-6-2-4-8-22(20)34-16-23(31)30-14-13-18-5-1-3-7-21(18)30/h1-12H,13-16H2,(H,29,32). The van der Waals surface area contributed by atoms with E-state index in [9.17, 15) is 22.8 Å². The molecule has 0 aromatic heterocycles. The van der Waals surface area contributed by atoms with Crippen LogP contribution in [0, 0.1) is 0 Å². The van der Waals surface area contributed by atoms with Crippen molar-refractivity contribution in [3.05, 3.63) is 89.5 Å². The van der Waals surface area contributed by atoms with E-state index in [1.807, 2.05) is 24.3 Å². The number of rotatable bonds is 7. The van der Waals surface area contributed by atoms with Crippen molar-refractivity contribution in [2.45, 2.75) is 24.2 Å². The maximum absolute atomic E-state index is 12.8. The number of hydrogen-bond acceptors (Lipinski definition) is 4. The topological polar surface area (TPSA) is 58.6 Å². The van der Waals surface area contributed by atoms with Gasteiger partial charge in [0.25, 0.3) is 5.91 Å². The van der Waals surface area contributed by atoms with Crippen LogP contribution in [0.15, 0.2) is 77.7 Å². The third-order valence-electron chi connectivity index (χ3n) is 5.28. The number of nitrogens with one attached hydrogen (secondary N) is 1. The number of anilines is 1. The van der Waals surface area contributed by atoms with Gasteiger partial charge in [0.15, 0.2) is 0 Å². The largest absolute Gasteiger partial charge is 0.573 e. The third kappa shape index (κ3) is 5.91. The van der Waals surface area contributed by atoms with Gasteiger partial charge in [-0.05, 0) is 47.9 Å². The lowest BCUT2D eigenvalue weighted by atomic mass is 10.2. The van der Waals surface area contributed by atoms with Gasteiger partial charge in [0.1, 0.15) is 5.75 Å². The van der Waals surface area contributed by atoms with Crippen LogP contribution in [-0.4, -0.2) is 30.5 Å². The smallest absolute Gasteiger partial charge is 0.406 e. The van der Waals surface area contributed by atoms with E-state index in [1.54, 1.807) is 29.2 Å². The Labute approximate surface area is 198 Å². The van der Waals surface area contributed by atoms with E-state index in [1.165, 1.54) is 36.0 Å². The predicted molar refractivity (Wildman–Crippen MR) is 124 cm³/mol. The van der Waals surface area contributed by atoms with E-state index in [0.29, 0.717) is 22.6 Å². The summed E-state index contributed by atoms with van der Waals surface area (Å²) >= 11 is 1.30. The zero-order valence-electron chi connectivity index (χ0n) is 18.0. The summed E-state index contributed by atoms with van der Waals surface area (Å²) in [4.78, 5) is 28.0. The van der Waals surface area contributed by atoms with Gasteiger partial charge in [-0.2, -0.15) is 0 Å². The molecule has 0 saturated heterocycles. The number of halogens is 3. The summed E-state index contributed by atoms with van der Waals surface area (Å²) in [6.07, 6.45) is -3.93. The Balaban J connectivity index is 1.35. The fourth-order valence-corrected chi connectivity index (χ4v) is 4.61. The molecule has 0 radical (unpaired) electrons. The van der Waals surface area contributed by atoms with E-state index in [0.717, 1.165) is 17.7 Å². The number of carbonyl (C=O) groups excluding carboxylic acids is 2. The highest BCUT2D eigenvalue weighted by Gasteiger charge is 2.31. The van der Waals surface area contributed by atoms with Gasteiger partial charge in [-0.3, -0.25) is 9.59 Å². The second kappa shape index (κ2) is 10.2. The summed E-state index contributed by atoms with van der Waals surface area (Å²) in [7, 11) is 0. The van der Waals surface area contributed by atoms with E-state index in [4.69, 9.17) is 0 Å². The van der Waals surface area contributed by atoms with Crippen LogP contribution < -0.4 is 15.0 Å². The fraction of sp³-hybridized carbons (Fsp3) is 0.200. The van der Waals surface area contributed by atoms with Crippen LogP contribution in [0.5, 0.6) is 5.75 Å². The summed E-state index contributed by atoms with van der Waals surface area (Å²) in [6.45, 7) is 0.779. The molecule has 9 heteroatoms. The van der Waals surface area contributed by atoms with Gasteiger partial charge in [0.2, 0.25) is 5.91 Å². The molecule has 0 saturated carbocycles. The number of carbonyl (C=O) groups is 2. The fourth-order valence-electron chi connectivity index (χ4n) is 3.68. The molecule has 5 nitrogen and oxygen atoms in total. The van der Waals surface area contributed by atoms with Crippen molar-refractivity contribution in [3.63, 3.8) is 0 Å². The lowest BCUT2D eigenvalue weighted by Gasteiger charge is -2.17. The Hall–Kier alpha value is -3.46. The predicted octanol–water partition coefficient (Wildman–Crippen LogP) is 5.20. The summed E-state index contributed by atoms with van der Waals surface area (Å²) in [5.41, 5.74) is 3.14. The minimum Gasteiger partial charge on any atom is -0.406 e. The first-order chi connectivity index (χ1) is 16.3. The monoisotopic (exact) mass is 486 g/mol. The van der Waals surface area contributed by atoms with Crippen molar-refractivity contribution in [1.29, 1.82) is 0 Å². The molecule has 4 rings (SSSR count). The van der Waals surface area contributed by atoms with Crippen molar-refractivity contribution >= 4 is 29.3 Å². The molecule has 3 aromatic rings. The van der Waals surface area contributed by atoms with E-state index < -0.39 is 6.36 Å². The second-order valence-electron chi connectivity index (χ2n) is 7.58. The number of ether oxygens (including phenoxy) is 1. The molecule has 176 valence electrons. The van der Waals surface area contributed by atoms with Crippen molar-refractivity contribution in [1.82, 2.24) is 5.32 Å². The Bertz CT molecular complexity index is 1180. The maximum atomic E-state index is 12.8. The third-order valence-corrected chi connectivity index (χ3v) is 6.34. The first-order valence-corrected chi connectivity index (χ1v) is 11.5. The summed E-state index contributed by atoms with van der Waals surface area (Å²) < 4.78 is 40.7. The van der Waals surface area contributed by atoms with E-state index in [2.05, 4.69) is 10.1 Å². The molecule has 34 heavy (non-hydrogen) atoms. The number of alkyl halides is 3. The van der Waals surface area contributed by atoms with Crippen LogP contribution in [0.3, 0.4) is 0 Å². The van der Waals surface area contributed by atoms with Crippen molar-refractivity contribution in [2.75, 3.05) is 17.2 Å². The molecule has 1 aliphatic heterocycles. The zero-order chi connectivity index (χ0) is 24.1. The van der Waals surface area contributed by atoms with Gasteiger partial charge in [-0.15, -0.1) is 24.9 Å². The number of thioether (sulfide) groups is 1. The Morgan fingerprint density at radius 1 is 0.971 bits per heavy atom. The number of hydrogen-bond donors (Lipinski definition) is 1. The molecule has 1 N–H and O–H groups in total. The molecular formula is C25H21F3N2O3S. The van der Waals surface area contributed by atoms with Crippen LogP contribution in [-0.2, 0) is 17.8 Å². The second-order valence-corrected chi connectivity index (χ2v) is 8.60. The molecular weight excluding hydrogens is 465 g/mol. The van der Waals surface area contributed by atoms with Crippen LogP contribution in [0.1, 0.15) is 21.5 Å². The first-order valence-electron chi connectivity index (χ1n) is 10.5. The highest BCUT2D eigenvalue weighted by molar-refractivity contribution is 8.00. The molecule has 0 bridgehead atoms. The highest BCUT2D eigenvalue weighted by Crippen LogP contribution is 2.30. The molecule has 1 aliphatic rings. The van der Waals surface area contributed by atoms with Crippen molar-refractivity contribution < 1.29 is 27.5 Å². The average molecular weight is 487 g/mol. The normalized spacial score (nSPS) is 12.9. The molecule has 0 unspecified atom stereocenters. The molecule has 0 fully saturated rings.